The molecule has 0 atom stereocenters. The molecule has 0 saturated heterocycles. The van der Waals surface area contributed by atoms with Crippen molar-refractivity contribution in [3.8, 4) is 0 Å². The molecule has 0 spiro atoms. The smallest absolute Gasteiger partial charge is 0.237 e. The predicted octanol–water partition coefficient (Wildman–Crippen LogP) is 1.03. The van der Waals surface area contributed by atoms with E-state index in [1.165, 1.54) is 12.8 Å². The van der Waals surface area contributed by atoms with Crippen LogP contribution >= 0.6 is 0 Å². The lowest BCUT2D eigenvalue weighted by Gasteiger charge is -2.48. The van der Waals surface area contributed by atoms with Gasteiger partial charge in [-0.25, -0.2) is 0 Å². The number of rotatable bonds is 4. The minimum absolute atomic E-state index is 0.152. The summed E-state index contributed by atoms with van der Waals surface area (Å²) in [4.78, 5) is 11.4. The van der Waals surface area contributed by atoms with Crippen LogP contribution in [0.3, 0.4) is 0 Å². The Hall–Kier alpha value is -0.570. The molecular formula is C11H20N2O. The Labute approximate surface area is 85.4 Å². The monoisotopic (exact) mass is 196 g/mol. The molecule has 3 nitrogen and oxygen atoms in total. The van der Waals surface area contributed by atoms with Gasteiger partial charge in [0.25, 0.3) is 0 Å². The fraction of sp³-hybridized carbons (Fsp3) is 0.909. The van der Waals surface area contributed by atoms with Crippen LogP contribution in [0, 0.1) is 11.8 Å². The van der Waals surface area contributed by atoms with Gasteiger partial charge >= 0.3 is 0 Å². The third-order valence-electron chi connectivity index (χ3n) is 3.69. The van der Waals surface area contributed by atoms with Crippen molar-refractivity contribution < 1.29 is 4.79 Å². The molecule has 14 heavy (non-hydrogen) atoms. The van der Waals surface area contributed by atoms with Crippen LogP contribution in [0.5, 0.6) is 0 Å². The average molecular weight is 196 g/mol. The van der Waals surface area contributed by atoms with Gasteiger partial charge in [0.15, 0.2) is 0 Å². The number of hydrogen-bond donors (Lipinski definition) is 2. The number of hydrogen-bond acceptors (Lipinski definition) is 2. The fourth-order valence-corrected chi connectivity index (χ4v) is 2.32. The Balaban J connectivity index is 1.94. The van der Waals surface area contributed by atoms with Crippen molar-refractivity contribution in [2.75, 3.05) is 0 Å². The minimum atomic E-state index is -0.351. The molecule has 2 rings (SSSR count). The normalized spacial score (nSPS) is 36.9. The maximum atomic E-state index is 11.4. The molecule has 80 valence electrons. The molecule has 3 N–H and O–H groups in total. The zero-order chi connectivity index (χ0) is 10.3. The van der Waals surface area contributed by atoms with Gasteiger partial charge in [0.05, 0.1) is 5.54 Å². The van der Waals surface area contributed by atoms with Crippen LogP contribution in [-0.4, -0.2) is 17.5 Å². The number of carbonyl (C=O) groups is 1. The summed E-state index contributed by atoms with van der Waals surface area (Å²) in [5.41, 5.74) is 5.12. The maximum absolute atomic E-state index is 11.4. The second kappa shape index (κ2) is 3.23. The van der Waals surface area contributed by atoms with Crippen LogP contribution < -0.4 is 11.1 Å². The van der Waals surface area contributed by atoms with E-state index in [4.69, 9.17) is 5.73 Å². The van der Waals surface area contributed by atoms with Gasteiger partial charge in [-0.3, -0.25) is 4.79 Å². The molecule has 2 fully saturated rings. The summed E-state index contributed by atoms with van der Waals surface area (Å²) < 4.78 is 0. The van der Waals surface area contributed by atoms with Gasteiger partial charge in [0, 0.05) is 6.04 Å². The van der Waals surface area contributed by atoms with Crippen molar-refractivity contribution in [2.24, 2.45) is 17.6 Å². The number of nitrogens with one attached hydrogen (secondary N) is 1. The number of nitrogens with two attached hydrogens (primary N) is 1. The van der Waals surface area contributed by atoms with E-state index in [0.29, 0.717) is 17.9 Å². The van der Waals surface area contributed by atoms with E-state index in [1.807, 2.05) is 0 Å². The Morgan fingerprint density at radius 3 is 2.36 bits per heavy atom. The quantitative estimate of drug-likeness (QED) is 0.705. The summed E-state index contributed by atoms with van der Waals surface area (Å²) in [5.74, 6) is 1.19. The third kappa shape index (κ3) is 1.65. The van der Waals surface area contributed by atoms with E-state index in [-0.39, 0.29) is 11.4 Å². The summed E-state index contributed by atoms with van der Waals surface area (Å²) in [7, 11) is 0. The average Bonchev–Trinajstić information content (AvgIpc) is 2.77. The van der Waals surface area contributed by atoms with Crippen LogP contribution in [0.4, 0.5) is 0 Å². The summed E-state index contributed by atoms with van der Waals surface area (Å²) in [6, 6.07) is 0.565. The van der Waals surface area contributed by atoms with Gasteiger partial charge in [-0.2, -0.15) is 0 Å². The molecule has 0 unspecified atom stereocenters. The van der Waals surface area contributed by atoms with E-state index in [2.05, 4.69) is 19.2 Å². The van der Waals surface area contributed by atoms with Gasteiger partial charge in [-0.05, 0) is 37.5 Å². The first-order chi connectivity index (χ1) is 6.53. The summed E-state index contributed by atoms with van der Waals surface area (Å²) in [5, 5.41) is 3.41. The van der Waals surface area contributed by atoms with Crippen molar-refractivity contribution in [2.45, 2.75) is 51.1 Å². The zero-order valence-corrected chi connectivity index (χ0v) is 9.05. The molecule has 2 aliphatic carbocycles. The van der Waals surface area contributed by atoms with Crippen LogP contribution in [0.2, 0.25) is 0 Å². The largest absolute Gasteiger partial charge is 0.368 e. The van der Waals surface area contributed by atoms with Crippen molar-refractivity contribution >= 4 is 5.91 Å². The maximum Gasteiger partial charge on any atom is 0.237 e. The lowest BCUT2D eigenvalue weighted by molar-refractivity contribution is -0.131. The van der Waals surface area contributed by atoms with Crippen molar-refractivity contribution in [3.63, 3.8) is 0 Å². The topological polar surface area (TPSA) is 55.1 Å². The molecule has 0 heterocycles. The summed E-state index contributed by atoms with van der Waals surface area (Å²) in [6.45, 7) is 4.43. The molecule has 1 amide bonds. The van der Waals surface area contributed by atoms with E-state index < -0.39 is 0 Å². The molecule has 0 aliphatic heterocycles. The minimum Gasteiger partial charge on any atom is -0.368 e. The van der Waals surface area contributed by atoms with E-state index >= 15 is 0 Å². The lowest BCUT2D eigenvalue weighted by Crippen LogP contribution is -2.64. The Morgan fingerprint density at radius 1 is 1.43 bits per heavy atom. The second-order valence-corrected chi connectivity index (χ2v) is 5.28. The molecule has 0 bridgehead atoms. The third-order valence-corrected chi connectivity index (χ3v) is 3.69. The zero-order valence-electron chi connectivity index (χ0n) is 9.05. The van der Waals surface area contributed by atoms with Gasteiger partial charge < -0.3 is 11.1 Å². The summed E-state index contributed by atoms with van der Waals surface area (Å²) in [6.07, 6.45) is 4.30. The molecule has 3 heteroatoms. The van der Waals surface area contributed by atoms with Crippen LogP contribution in [-0.2, 0) is 4.79 Å². The molecule has 2 aliphatic rings. The van der Waals surface area contributed by atoms with Crippen LogP contribution in [0.25, 0.3) is 0 Å². The molecular weight excluding hydrogens is 176 g/mol. The fourth-order valence-electron chi connectivity index (χ4n) is 2.32. The van der Waals surface area contributed by atoms with E-state index in [1.54, 1.807) is 0 Å². The molecule has 2 saturated carbocycles. The number of primary amides is 1. The second-order valence-electron chi connectivity index (χ2n) is 5.28. The Bertz CT molecular complexity index is 240. The highest BCUT2D eigenvalue weighted by Gasteiger charge is 2.51. The molecule has 0 radical (unpaired) electrons. The predicted molar refractivity (Wildman–Crippen MR) is 55.6 cm³/mol. The van der Waals surface area contributed by atoms with Gasteiger partial charge in [-0.15, -0.1) is 0 Å². The van der Waals surface area contributed by atoms with Gasteiger partial charge in [0.1, 0.15) is 0 Å². The first-order valence-electron chi connectivity index (χ1n) is 5.61. The van der Waals surface area contributed by atoms with Crippen LogP contribution in [0.1, 0.15) is 39.5 Å². The highest BCUT2D eigenvalue weighted by atomic mass is 16.1. The van der Waals surface area contributed by atoms with Crippen LogP contribution in [0.15, 0.2) is 0 Å². The number of carbonyl (C=O) groups excluding carboxylic acids is 1. The van der Waals surface area contributed by atoms with Gasteiger partial charge in [-0.1, -0.05) is 13.8 Å². The highest BCUT2D eigenvalue weighted by molar-refractivity contribution is 5.86. The van der Waals surface area contributed by atoms with E-state index in [9.17, 15) is 4.79 Å². The van der Waals surface area contributed by atoms with Crippen molar-refractivity contribution in [1.29, 1.82) is 0 Å². The Morgan fingerprint density at radius 2 is 2.00 bits per heavy atom. The molecule has 0 aromatic carbocycles. The molecule has 0 aromatic heterocycles. The van der Waals surface area contributed by atoms with Crippen molar-refractivity contribution in [1.82, 2.24) is 5.32 Å². The first kappa shape index (κ1) is 9.97. The van der Waals surface area contributed by atoms with Gasteiger partial charge in [0.2, 0.25) is 5.91 Å². The SMILES string of the molecule is CC(C)C1CC(NC2CC2)(C(N)=O)C1. The summed E-state index contributed by atoms with van der Waals surface area (Å²) >= 11 is 0. The molecule has 0 aromatic rings. The lowest BCUT2D eigenvalue weighted by atomic mass is 9.63. The highest BCUT2D eigenvalue weighted by Crippen LogP contribution is 2.43. The van der Waals surface area contributed by atoms with Crippen molar-refractivity contribution in [3.05, 3.63) is 0 Å². The Kier molecular flexibility index (Phi) is 2.30. The number of amides is 1. The first-order valence-corrected chi connectivity index (χ1v) is 5.61. The standard InChI is InChI=1S/C11H20N2O/c1-7(2)8-5-11(6-8,10(12)14)13-9-3-4-9/h7-9,13H,3-6H2,1-2H3,(H2,12,14). The van der Waals surface area contributed by atoms with E-state index in [0.717, 1.165) is 12.8 Å².